The van der Waals surface area contributed by atoms with Gasteiger partial charge in [-0.3, -0.25) is 14.7 Å². The van der Waals surface area contributed by atoms with E-state index in [-0.39, 0.29) is 6.10 Å². The third-order valence-electron chi connectivity index (χ3n) is 4.34. The highest BCUT2D eigenvalue weighted by Crippen LogP contribution is 2.28. The molecule has 0 unspecified atom stereocenters. The minimum absolute atomic E-state index is 0.00581. The number of aromatic nitrogens is 1. The molecule has 0 spiro atoms. The second-order valence-electron chi connectivity index (χ2n) is 5.63. The Morgan fingerprint density at radius 3 is 2.80 bits per heavy atom. The van der Waals surface area contributed by atoms with Crippen molar-refractivity contribution in [2.24, 2.45) is 5.73 Å². The van der Waals surface area contributed by atoms with Gasteiger partial charge in [-0.25, -0.2) is 0 Å². The molecule has 2 fully saturated rings. The molecule has 1 saturated carbocycles. The number of pyridine rings is 1. The molecule has 20 heavy (non-hydrogen) atoms. The van der Waals surface area contributed by atoms with Crippen LogP contribution in [0, 0.1) is 0 Å². The molecule has 0 radical (unpaired) electrons. The molecule has 1 atom stereocenters. The number of primary amides is 1. The van der Waals surface area contributed by atoms with Gasteiger partial charge in [0.25, 0.3) is 0 Å². The van der Waals surface area contributed by atoms with Crippen molar-refractivity contribution in [3.8, 4) is 0 Å². The molecule has 5 nitrogen and oxygen atoms in total. The number of nitrogens with two attached hydrogens (primary N) is 1. The molecular weight excluding hydrogens is 254 g/mol. The fourth-order valence-electron chi connectivity index (χ4n) is 3.19. The zero-order valence-corrected chi connectivity index (χ0v) is 11.6. The lowest BCUT2D eigenvalue weighted by molar-refractivity contribution is -0.0459. The highest BCUT2D eigenvalue weighted by atomic mass is 16.5. The van der Waals surface area contributed by atoms with E-state index < -0.39 is 5.91 Å². The Bertz CT molecular complexity index is 469. The van der Waals surface area contributed by atoms with E-state index in [1.54, 1.807) is 6.07 Å². The number of rotatable bonds is 3. The summed E-state index contributed by atoms with van der Waals surface area (Å²) in [6, 6.07) is 4.29. The van der Waals surface area contributed by atoms with Crippen molar-refractivity contribution >= 4 is 5.91 Å². The van der Waals surface area contributed by atoms with Crippen molar-refractivity contribution in [3.05, 3.63) is 29.6 Å². The van der Waals surface area contributed by atoms with Gasteiger partial charge in [0.15, 0.2) is 0 Å². The predicted molar refractivity (Wildman–Crippen MR) is 75.3 cm³/mol. The van der Waals surface area contributed by atoms with Gasteiger partial charge in [0, 0.05) is 25.3 Å². The van der Waals surface area contributed by atoms with Gasteiger partial charge in [-0.1, -0.05) is 12.8 Å². The summed E-state index contributed by atoms with van der Waals surface area (Å²) in [6.45, 7) is 2.66. The van der Waals surface area contributed by atoms with Crippen LogP contribution in [-0.2, 0) is 4.74 Å². The van der Waals surface area contributed by atoms with Gasteiger partial charge in [-0.2, -0.15) is 0 Å². The molecule has 1 aromatic heterocycles. The van der Waals surface area contributed by atoms with Crippen molar-refractivity contribution in [1.29, 1.82) is 0 Å². The molecule has 3 rings (SSSR count). The molecule has 1 aliphatic heterocycles. The summed E-state index contributed by atoms with van der Waals surface area (Å²) in [7, 11) is 0. The van der Waals surface area contributed by atoms with Gasteiger partial charge in [0.1, 0.15) is 6.10 Å². The Morgan fingerprint density at radius 2 is 2.15 bits per heavy atom. The molecule has 2 N–H and O–H groups in total. The summed E-state index contributed by atoms with van der Waals surface area (Å²) in [5, 5.41) is 0. The predicted octanol–water partition coefficient (Wildman–Crippen LogP) is 1.50. The van der Waals surface area contributed by atoms with E-state index in [0.717, 1.165) is 25.4 Å². The van der Waals surface area contributed by atoms with Crippen molar-refractivity contribution in [2.45, 2.75) is 37.8 Å². The van der Waals surface area contributed by atoms with Crippen LogP contribution in [0.4, 0.5) is 0 Å². The minimum Gasteiger partial charge on any atom is -0.369 e. The Morgan fingerprint density at radius 1 is 1.35 bits per heavy atom. The fourth-order valence-corrected chi connectivity index (χ4v) is 3.19. The molecule has 2 heterocycles. The molecule has 0 aromatic carbocycles. The van der Waals surface area contributed by atoms with Crippen LogP contribution in [0.15, 0.2) is 18.3 Å². The number of hydrogen-bond acceptors (Lipinski definition) is 4. The largest absolute Gasteiger partial charge is 0.369 e. The number of amides is 1. The lowest BCUT2D eigenvalue weighted by Gasteiger charge is -2.36. The highest BCUT2D eigenvalue weighted by Gasteiger charge is 2.29. The van der Waals surface area contributed by atoms with E-state index >= 15 is 0 Å². The second kappa shape index (κ2) is 5.89. The van der Waals surface area contributed by atoms with Crippen LogP contribution in [0.5, 0.6) is 0 Å². The average Bonchev–Trinajstić information content (AvgIpc) is 3.02. The number of carbonyl (C=O) groups excluding carboxylic acids is 1. The monoisotopic (exact) mass is 275 g/mol. The quantitative estimate of drug-likeness (QED) is 0.907. The molecule has 1 aromatic rings. The van der Waals surface area contributed by atoms with Gasteiger partial charge >= 0.3 is 0 Å². The number of nitrogens with zero attached hydrogens (tertiary/aromatic N) is 2. The standard InChI is InChI=1S/C15H21N3O2/c16-15(19)11-5-6-13(17-9-11)14-10-18(7-8-20-14)12-3-1-2-4-12/h5-6,9,12,14H,1-4,7-8,10H2,(H2,16,19)/t14-/m1/s1. The molecule has 5 heteroatoms. The molecule has 1 aliphatic carbocycles. The fraction of sp³-hybridized carbons (Fsp3) is 0.600. The number of ether oxygens (including phenoxy) is 1. The van der Waals surface area contributed by atoms with Crippen LogP contribution < -0.4 is 5.73 Å². The first-order chi connectivity index (χ1) is 9.74. The van der Waals surface area contributed by atoms with E-state index in [0.29, 0.717) is 11.6 Å². The van der Waals surface area contributed by atoms with E-state index in [1.807, 2.05) is 6.07 Å². The van der Waals surface area contributed by atoms with Crippen molar-refractivity contribution in [1.82, 2.24) is 9.88 Å². The summed E-state index contributed by atoms with van der Waals surface area (Å²) < 4.78 is 5.83. The van der Waals surface area contributed by atoms with Crippen molar-refractivity contribution in [2.75, 3.05) is 19.7 Å². The zero-order chi connectivity index (χ0) is 13.9. The highest BCUT2D eigenvalue weighted by molar-refractivity contribution is 5.92. The van der Waals surface area contributed by atoms with Crippen LogP contribution in [0.25, 0.3) is 0 Å². The Kier molecular flexibility index (Phi) is 3.98. The van der Waals surface area contributed by atoms with E-state index in [2.05, 4.69) is 9.88 Å². The van der Waals surface area contributed by atoms with E-state index in [9.17, 15) is 4.79 Å². The van der Waals surface area contributed by atoms with Gasteiger partial charge in [-0.05, 0) is 25.0 Å². The van der Waals surface area contributed by atoms with E-state index in [1.165, 1.54) is 31.9 Å². The Labute approximate surface area is 119 Å². The first-order valence-corrected chi connectivity index (χ1v) is 7.35. The van der Waals surface area contributed by atoms with Gasteiger partial charge in [-0.15, -0.1) is 0 Å². The lowest BCUT2D eigenvalue weighted by atomic mass is 10.1. The second-order valence-corrected chi connectivity index (χ2v) is 5.63. The third kappa shape index (κ3) is 2.83. The molecule has 1 amide bonds. The molecule has 0 bridgehead atoms. The maximum Gasteiger partial charge on any atom is 0.250 e. The zero-order valence-electron chi connectivity index (χ0n) is 11.6. The maximum absolute atomic E-state index is 11.1. The van der Waals surface area contributed by atoms with Crippen LogP contribution in [0.2, 0.25) is 0 Å². The summed E-state index contributed by atoms with van der Waals surface area (Å²) in [4.78, 5) is 17.9. The SMILES string of the molecule is NC(=O)c1ccc([C@H]2CN(C3CCCC3)CCO2)nc1. The normalized spacial score (nSPS) is 24.9. The minimum atomic E-state index is -0.443. The van der Waals surface area contributed by atoms with Gasteiger partial charge in [0.2, 0.25) is 5.91 Å². The van der Waals surface area contributed by atoms with Gasteiger partial charge < -0.3 is 10.5 Å². The first-order valence-electron chi connectivity index (χ1n) is 7.35. The Balaban J connectivity index is 1.68. The smallest absolute Gasteiger partial charge is 0.250 e. The molecular formula is C15H21N3O2. The molecule has 2 aliphatic rings. The number of carbonyl (C=O) groups is 1. The summed E-state index contributed by atoms with van der Waals surface area (Å²) >= 11 is 0. The van der Waals surface area contributed by atoms with Gasteiger partial charge in [0.05, 0.1) is 17.9 Å². The van der Waals surface area contributed by atoms with Crippen LogP contribution in [-0.4, -0.2) is 41.5 Å². The van der Waals surface area contributed by atoms with Crippen LogP contribution >= 0.6 is 0 Å². The van der Waals surface area contributed by atoms with Crippen molar-refractivity contribution in [3.63, 3.8) is 0 Å². The van der Waals surface area contributed by atoms with E-state index in [4.69, 9.17) is 10.5 Å². The molecule has 108 valence electrons. The number of hydrogen-bond donors (Lipinski definition) is 1. The summed E-state index contributed by atoms with van der Waals surface area (Å²) in [6.07, 6.45) is 6.85. The summed E-state index contributed by atoms with van der Waals surface area (Å²) in [5.74, 6) is -0.443. The van der Waals surface area contributed by atoms with Crippen molar-refractivity contribution < 1.29 is 9.53 Å². The van der Waals surface area contributed by atoms with Crippen LogP contribution in [0.3, 0.4) is 0 Å². The average molecular weight is 275 g/mol. The first kappa shape index (κ1) is 13.5. The lowest BCUT2D eigenvalue weighted by Crippen LogP contribution is -2.43. The molecule has 1 saturated heterocycles. The maximum atomic E-state index is 11.1. The third-order valence-corrected chi connectivity index (χ3v) is 4.34. The Hall–Kier alpha value is -1.46. The topological polar surface area (TPSA) is 68.5 Å². The van der Waals surface area contributed by atoms with Crippen LogP contribution in [0.1, 0.15) is 47.8 Å². The summed E-state index contributed by atoms with van der Waals surface area (Å²) in [5.41, 5.74) is 6.56. The number of morpholine rings is 1.